The summed E-state index contributed by atoms with van der Waals surface area (Å²) in [4.78, 5) is 0. The molecule has 0 rings (SSSR count). The number of unbranched alkanes of at least 4 members (excludes halogenated alkanes) is 14. The van der Waals surface area contributed by atoms with Crippen LogP contribution in [-0.2, 0) is 10.1 Å². The van der Waals surface area contributed by atoms with E-state index in [1.54, 1.807) is 6.92 Å². The zero-order valence-corrected chi connectivity index (χ0v) is 19.5. The van der Waals surface area contributed by atoms with Crippen LogP contribution in [0.15, 0.2) is 0 Å². The molecule has 0 saturated heterocycles. The van der Waals surface area contributed by atoms with Crippen LogP contribution in [0.1, 0.15) is 136 Å². The van der Waals surface area contributed by atoms with Gasteiger partial charge in [0.1, 0.15) is 0 Å². The van der Waals surface area contributed by atoms with Gasteiger partial charge in [-0.3, -0.25) is 4.55 Å². The summed E-state index contributed by atoms with van der Waals surface area (Å²) in [7, 11) is -3.95. The van der Waals surface area contributed by atoms with Gasteiger partial charge in [0, 0.05) is 0 Å². The van der Waals surface area contributed by atoms with Gasteiger partial charge in [0.2, 0.25) is 0 Å². The largest absolute Gasteiger partial charge is 0.393 e. The number of hydrogen-bond acceptors (Lipinski definition) is 3. The summed E-state index contributed by atoms with van der Waals surface area (Å²) >= 11 is 0. The normalized spacial score (nSPS) is 14.3. The molecular weight excluding hydrogens is 372 g/mol. The molecule has 4 nitrogen and oxygen atoms in total. The van der Waals surface area contributed by atoms with E-state index in [9.17, 15) is 18.1 Å². The van der Waals surface area contributed by atoms with Crippen LogP contribution in [0, 0.1) is 0 Å². The summed E-state index contributed by atoms with van der Waals surface area (Å²) in [5, 5.41) is 8.63. The Hall–Kier alpha value is -0.130. The van der Waals surface area contributed by atoms with Crippen LogP contribution in [0.5, 0.6) is 0 Å². The fraction of sp³-hybridized carbons (Fsp3) is 1.00. The van der Waals surface area contributed by atoms with Crippen LogP contribution in [0.4, 0.5) is 0 Å². The van der Waals surface area contributed by atoms with E-state index in [0.717, 1.165) is 32.1 Å². The Morgan fingerprint density at radius 3 is 1.29 bits per heavy atom. The molecule has 0 amide bonds. The Kier molecular flexibility index (Phi) is 18.8. The van der Waals surface area contributed by atoms with Gasteiger partial charge < -0.3 is 5.11 Å². The molecule has 0 spiro atoms. The molecule has 0 aliphatic carbocycles. The Bertz CT molecular complexity index is 420. The van der Waals surface area contributed by atoms with E-state index in [1.165, 1.54) is 70.6 Å². The molecule has 28 heavy (non-hydrogen) atoms. The van der Waals surface area contributed by atoms with Crippen molar-refractivity contribution in [2.75, 3.05) is 0 Å². The van der Waals surface area contributed by atoms with E-state index in [4.69, 9.17) is 0 Å². The molecule has 2 N–H and O–H groups in total. The molecular formula is C23H48O4S. The van der Waals surface area contributed by atoms with E-state index in [0.29, 0.717) is 19.3 Å². The minimum absolute atomic E-state index is 0.338. The summed E-state index contributed by atoms with van der Waals surface area (Å²) in [6.45, 7) is 4.00. The van der Waals surface area contributed by atoms with E-state index >= 15 is 0 Å². The van der Waals surface area contributed by atoms with Crippen LogP contribution in [0.3, 0.4) is 0 Å². The summed E-state index contributed by atoms with van der Waals surface area (Å²) in [5.41, 5.74) is 0. The van der Waals surface area contributed by atoms with E-state index < -0.39 is 15.4 Å². The molecule has 170 valence electrons. The van der Waals surface area contributed by atoms with Crippen LogP contribution in [0.2, 0.25) is 0 Å². The van der Waals surface area contributed by atoms with Crippen LogP contribution in [0.25, 0.3) is 0 Å². The van der Waals surface area contributed by atoms with Crippen LogP contribution >= 0.6 is 0 Å². The zero-order valence-electron chi connectivity index (χ0n) is 18.7. The fourth-order valence-corrected chi connectivity index (χ4v) is 4.75. The number of rotatable bonds is 21. The van der Waals surface area contributed by atoms with Crippen LogP contribution < -0.4 is 0 Å². The SMILES string of the molecule is CCCCCCCCCCCCCCCCC(CCCCC(C)O)S(=O)(=O)O. The van der Waals surface area contributed by atoms with Gasteiger partial charge >= 0.3 is 0 Å². The van der Waals surface area contributed by atoms with Gasteiger partial charge in [-0.25, -0.2) is 0 Å². The van der Waals surface area contributed by atoms with E-state index in [-0.39, 0.29) is 6.10 Å². The first-order valence-corrected chi connectivity index (χ1v) is 13.5. The molecule has 0 aliphatic heterocycles. The van der Waals surface area contributed by atoms with Gasteiger partial charge in [0.05, 0.1) is 11.4 Å². The standard InChI is InChI=1S/C23H48O4S/c1-3-4-5-6-7-8-9-10-11-12-13-14-15-16-20-23(28(25,26)27)21-18-17-19-22(2)24/h22-24H,3-21H2,1-2H3,(H,25,26,27). The maximum atomic E-state index is 11.5. The van der Waals surface area contributed by atoms with Gasteiger partial charge in [-0.15, -0.1) is 0 Å². The van der Waals surface area contributed by atoms with Crippen molar-refractivity contribution in [2.24, 2.45) is 0 Å². The first-order valence-electron chi connectivity index (χ1n) is 12.0. The number of aliphatic hydroxyl groups is 1. The fourth-order valence-electron chi connectivity index (χ4n) is 3.82. The third-order valence-electron chi connectivity index (χ3n) is 5.70. The Balaban J connectivity index is 3.54. The van der Waals surface area contributed by atoms with Gasteiger partial charge in [0.25, 0.3) is 10.1 Å². The molecule has 0 saturated carbocycles. The minimum atomic E-state index is -3.95. The third kappa shape index (κ3) is 19.2. The predicted octanol–water partition coefficient (Wildman–Crippen LogP) is 7.06. The number of hydrogen-bond donors (Lipinski definition) is 2. The Morgan fingerprint density at radius 2 is 0.929 bits per heavy atom. The monoisotopic (exact) mass is 420 g/mol. The lowest BCUT2D eigenvalue weighted by Gasteiger charge is -2.14. The third-order valence-corrected chi connectivity index (χ3v) is 7.01. The van der Waals surface area contributed by atoms with Gasteiger partial charge in [-0.1, -0.05) is 110 Å². The van der Waals surface area contributed by atoms with Crippen molar-refractivity contribution in [2.45, 2.75) is 147 Å². The molecule has 0 aromatic rings. The lowest BCUT2D eigenvalue weighted by atomic mass is 10.0. The second-order valence-electron chi connectivity index (χ2n) is 8.66. The molecule has 0 aromatic carbocycles. The minimum Gasteiger partial charge on any atom is -0.393 e. The smallest absolute Gasteiger partial charge is 0.267 e. The van der Waals surface area contributed by atoms with Crippen molar-refractivity contribution >= 4 is 10.1 Å². The lowest BCUT2D eigenvalue weighted by Crippen LogP contribution is -2.20. The van der Waals surface area contributed by atoms with E-state index in [1.807, 2.05) is 0 Å². The molecule has 0 aromatic heterocycles. The van der Waals surface area contributed by atoms with Crippen molar-refractivity contribution in [1.82, 2.24) is 0 Å². The molecule has 2 unspecified atom stereocenters. The summed E-state index contributed by atoms with van der Waals surface area (Å²) < 4.78 is 32.5. The Labute approximate surface area is 175 Å². The molecule has 2 atom stereocenters. The highest BCUT2D eigenvalue weighted by Gasteiger charge is 2.21. The topological polar surface area (TPSA) is 74.6 Å². The predicted molar refractivity (Wildman–Crippen MR) is 120 cm³/mol. The van der Waals surface area contributed by atoms with Gasteiger partial charge in [-0.05, 0) is 26.2 Å². The quantitative estimate of drug-likeness (QED) is 0.154. The second-order valence-corrected chi connectivity index (χ2v) is 10.4. The molecule has 0 heterocycles. The maximum Gasteiger partial charge on any atom is 0.267 e. The highest BCUT2D eigenvalue weighted by atomic mass is 32.2. The first-order chi connectivity index (χ1) is 13.4. The van der Waals surface area contributed by atoms with Gasteiger partial charge in [-0.2, -0.15) is 8.42 Å². The van der Waals surface area contributed by atoms with Crippen molar-refractivity contribution < 1.29 is 18.1 Å². The van der Waals surface area contributed by atoms with Crippen molar-refractivity contribution in [3.8, 4) is 0 Å². The second kappa shape index (κ2) is 18.9. The Morgan fingerprint density at radius 1 is 0.607 bits per heavy atom. The average Bonchev–Trinajstić information content (AvgIpc) is 2.62. The van der Waals surface area contributed by atoms with Crippen molar-refractivity contribution in [1.29, 1.82) is 0 Å². The number of aliphatic hydroxyl groups excluding tert-OH is 1. The molecule has 5 heteroatoms. The molecule has 0 bridgehead atoms. The first kappa shape index (κ1) is 27.9. The molecule has 0 radical (unpaired) electrons. The summed E-state index contributed by atoms with van der Waals surface area (Å²) in [6.07, 6.45) is 20.9. The van der Waals surface area contributed by atoms with E-state index in [2.05, 4.69) is 6.92 Å². The summed E-state index contributed by atoms with van der Waals surface area (Å²) in [5.74, 6) is 0. The van der Waals surface area contributed by atoms with Crippen molar-refractivity contribution in [3.63, 3.8) is 0 Å². The molecule has 0 fully saturated rings. The zero-order chi connectivity index (χ0) is 21.1. The average molecular weight is 421 g/mol. The highest BCUT2D eigenvalue weighted by molar-refractivity contribution is 7.86. The highest BCUT2D eigenvalue weighted by Crippen LogP contribution is 2.19. The molecule has 0 aliphatic rings. The maximum absolute atomic E-state index is 11.5. The summed E-state index contributed by atoms with van der Waals surface area (Å²) in [6, 6.07) is 0. The van der Waals surface area contributed by atoms with Crippen molar-refractivity contribution in [3.05, 3.63) is 0 Å². The van der Waals surface area contributed by atoms with Gasteiger partial charge in [0.15, 0.2) is 0 Å². The van der Waals surface area contributed by atoms with Crippen LogP contribution in [-0.4, -0.2) is 29.4 Å². The lowest BCUT2D eigenvalue weighted by molar-refractivity contribution is 0.180.